The van der Waals surface area contributed by atoms with Gasteiger partial charge >= 0.3 is 6.85 Å². The van der Waals surface area contributed by atoms with Gasteiger partial charge in [0.05, 0.1) is 17.6 Å². The first kappa shape index (κ1) is 37.1. The van der Waals surface area contributed by atoms with Crippen LogP contribution in [0.2, 0.25) is 0 Å². The van der Waals surface area contributed by atoms with Crippen molar-refractivity contribution in [1.82, 2.24) is 0 Å². The second kappa shape index (κ2) is 13.1. The number of rotatable bonds is 3. The Kier molecular flexibility index (Phi) is 7.58. The lowest BCUT2D eigenvalue weighted by Gasteiger charge is -2.46. The van der Waals surface area contributed by atoms with E-state index >= 15 is 0 Å². The summed E-state index contributed by atoms with van der Waals surface area (Å²) in [6, 6.07) is 57.7. The maximum absolute atomic E-state index is 7.19. The molecule has 13 rings (SSSR count). The van der Waals surface area contributed by atoms with Gasteiger partial charge in [-0.3, -0.25) is 0 Å². The van der Waals surface area contributed by atoms with E-state index in [0.29, 0.717) is 0 Å². The van der Waals surface area contributed by atoms with E-state index in [2.05, 4.69) is 203 Å². The maximum atomic E-state index is 7.19. The van der Waals surface area contributed by atoms with Crippen molar-refractivity contribution >= 4 is 101 Å². The number of fused-ring (bicyclic) bond motifs is 12. The quantitative estimate of drug-likeness (QED) is 0.166. The van der Waals surface area contributed by atoms with E-state index in [9.17, 15) is 0 Å². The lowest BCUT2D eigenvalue weighted by molar-refractivity contribution is 0.590. The van der Waals surface area contributed by atoms with Gasteiger partial charge in [0.1, 0.15) is 22.3 Å². The summed E-state index contributed by atoms with van der Waals surface area (Å²) in [5.41, 5.74) is 19.1. The van der Waals surface area contributed by atoms with Gasteiger partial charge in [-0.15, -0.1) is 0 Å². The highest BCUT2D eigenvalue weighted by molar-refractivity contribution is 6.94. The summed E-state index contributed by atoms with van der Waals surface area (Å²) in [7, 11) is 0. The SMILES string of the molecule is CC(C)(C)c1ccc(N2B3c4cc5occc5cc4N(c4ccc(C(C)(C)C)cc4-c4ccccc4)c4c3c(cc3c4oc4ccccc43)-c3cc4c(cc32)oc2ccccc24)cc1. The van der Waals surface area contributed by atoms with Crippen molar-refractivity contribution in [2.45, 2.75) is 52.4 Å². The molecule has 5 heterocycles. The molecule has 0 saturated heterocycles. The van der Waals surface area contributed by atoms with E-state index in [4.69, 9.17) is 13.3 Å². The Morgan fingerprint density at radius 2 is 1.14 bits per heavy atom. The summed E-state index contributed by atoms with van der Waals surface area (Å²) in [6.45, 7) is 13.4. The van der Waals surface area contributed by atoms with Crippen molar-refractivity contribution < 1.29 is 13.3 Å². The Balaban J connectivity index is 1.22. The molecule has 64 heavy (non-hydrogen) atoms. The summed E-state index contributed by atoms with van der Waals surface area (Å²) in [5, 5.41) is 5.41. The molecule has 0 aliphatic carbocycles. The molecule has 0 bridgehead atoms. The van der Waals surface area contributed by atoms with Crippen LogP contribution in [0.4, 0.5) is 28.4 Å². The third-order valence-electron chi connectivity index (χ3n) is 13.8. The van der Waals surface area contributed by atoms with Gasteiger partial charge in [0.2, 0.25) is 0 Å². The molecule has 6 heteroatoms. The predicted octanol–water partition coefficient (Wildman–Crippen LogP) is 15.2. The molecule has 0 saturated carbocycles. The predicted molar refractivity (Wildman–Crippen MR) is 267 cm³/mol. The molecule has 8 aromatic carbocycles. The average molecular weight is 829 g/mol. The number of hydrogen-bond donors (Lipinski definition) is 0. The Hall–Kier alpha value is -7.44. The fourth-order valence-electron chi connectivity index (χ4n) is 10.6. The van der Waals surface area contributed by atoms with Gasteiger partial charge in [-0.05, 0) is 111 Å². The molecule has 2 aliphatic rings. The number of para-hydroxylation sites is 2. The smallest absolute Gasteiger partial charge is 0.333 e. The molecule has 0 fully saturated rings. The van der Waals surface area contributed by atoms with E-state index in [1.54, 1.807) is 0 Å². The van der Waals surface area contributed by atoms with Crippen LogP contribution in [0.5, 0.6) is 0 Å². The van der Waals surface area contributed by atoms with Crippen molar-refractivity contribution in [3.05, 3.63) is 175 Å². The summed E-state index contributed by atoms with van der Waals surface area (Å²) >= 11 is 0. The number of hydrogen-bond acceptors (Lipinski definition) is 5. The van der Waals surface area contributed by atoms with Gasteiger partial charge in [-0.2, -0.15) is 0 Å². The second-order valence-corrected chi connectivity index (χ2v) is 19.7. The monoisotopic (exact) mass is 828 g/mol. The molecule has 0 radical (unpaired) electrons. The highest BCUT2D eigenvalue weighted by Gasteiger charge is 2.48. The van der Waals surface area contributed by atoms with E-state index < -0.39 is 0 Å². The van der Waals surface area contributed by atoms with Crippen LogP contribution in [0.15, 0.2) is 177 Å². The van der Waals surface area contributed by atoms with Gasteiger partial charge in [0.25, 0.3) is 0 Å². The van der Waals surface area contributed by atoms with E-state index in [1.807, 2.05) is 12.3 Å². The molecule has 0 atom stereocenters. The molecule has 0 N–H and O–H groups in total. The minimum atomic E-state index is -0.271. The molecule has 2 aliphatic heterocycles. The number of furan rings is 3. The van der Waals surface area contributed by atoms with E-state index in [-0.39, 0.29) is 17.7 Å². The Labute approximate surface area is 372 Å². The van der Waals surface area contributed by atoms with Crippen LogP contribution >= 0.6 is 0 Å². The molecule has 0 unspecified atom stereocenters. The van der Waals surface area contributed by atoms with Crippen LogP contribution < -0.4 is 20.6 Å². The molecule has 0 spiro atoms. The lowest BCUT2D eigenvalue weighted by atomic mass is 9.43. The molecular formula is C58H45BN2O3. The Bertz CT molecular complexity index is 3710. The van der Waals surface area contributed by atoms with E-state index in [1.165, 1.54) is 22.2 Å². The van der Waals surface area contributed by atoms with Crippen molar-refractivity contribution in [3.8, 4) is 22.3 Å². The Morgan fingerprint density at radius 1 is 0.469 bits per heavy atom. The number of anilines is 5. The van der Waals surface area contributed by atoms with Crippen molar-refractivity contribution in [2.75, 3.05) is 9.71 Å². The Morgan fingerprint density at radius 3 is 1.89 bits per heavy atom. The third-order valence-corrected chi connectivity index (χ3v) is 13.8. The van der Waals surface area contributed by atoms with Crippen LogP contribution in [0.25, 0.3) is 77.1 Å². The minimum absolute atomic E-state index is 0.00667. The van der Waals surface area contributed by atoms with Crippen molar-refractivity contribution in [3.63, 3.8) is 0 Å². The first-order valence-electron chi connectivity index (χ1n) is 22.3. The average Bonchev–Trinajstić information content (AvgIpc) is 4.02. The number of benzene rings is 8. The maximum Gasteiger partial charge on any atom is 0.333 e. The molecule has 0 amide bonds. The third kappa shape index (κ3) is 5.32. The molecule has 3 aromatic heterocycles. The topological polar surface area (TPSA) is 45.9 Å². The van der Waals surface area contributed by atoms with Crippen molar-refractivity contribution in [1.29, 1.82) is 0 Å². The first-order valence-corrected chi connectivity index (χ1v) is 22.3. The highest BCUT2D eigenvalue weighted by Crippen LogP contribution is 2.54. The molecule has 5 nitrogen and oxygen atoms in total. The van der Waals surface area contributed by atoms with Crippen molar-refractivity contribution in [2.24, 2.45) is 0 Å². The van der Waals surface area contributed by atoms with Gasteiger partial charge in [0.15, 0.2) is 5.58 Å². The first-order chi connectivity index (χ1) is 31.0. The highest BCUT2D eigenvalue weighted by atomic mass is 16.3. The zero-order valence-corrected chi connectivity index (χ0v) is 36.8. The van der Waals surface area contributed by atoms with Gasteiger partial charge in [-0.25, -0.2) is 0 Å². The molecule has 308 valence electrons. The lowest BCUT2D eigenvalue weighted by Crippen LogP contribution is -2.61. The van der Waals surface area contributed by atoms with E-state index in [0.717, 1.165) is 105 Å². The fraction of sp³-hybridized carbons (Fsp3) is 0.138. The standard InChI is InChI=1S/C58H45BN2O3/c1-57(2,3)36-20-23-38(24-21-36)61-48-33-53-43(39-16-10-12-18-50(39)63-53)30-42(48)44-31-45-40-17-11-13-19-51(40)64-56(45)55-54(44)59(61)46-32-52-35(26-27-62-52)28-49(46)60(55)47-25-22-37(58(4,5)6)29-41(47)34-14-8-7-9-15-34/h7-33H,1-6H3. The van der Waals surface area contributed by atoms with Crippen LogP contribution in [0, 0.1) is 0 Å². The fourth-order valence-corrected chi connectivity index (χ4v) is 10.6. The van der Waals surface area contributed by atoms with Gasteiger partial charge in [0, 0.05) is 61.2 Å². The second-order valence-electron chi connectivity index (χ2n) is 19.7. The zero-order chi connectivity index (χ0) is 43.2. The van der Waals surface area contributed by atoms with Gasteiger partial charge < -0.3 is 23.0 Å². The molecule has 11 aromatic rings. The summed E-state index contributed by atoms with van der Waals surface area (Å²) in [4.78, 5) is 5.05. The van der Waals surface area contributed by atoms with Crippen LogP contribution in [0.3, 0.4) is 0 Å². The minimum Gasteiger partial charge on any atom is -0.464 e. The summed E-state index contributed by atoms with van der Waals surface area (Å²) in [5.74, 6) is 0. The van der Waals surface area contributed by atoms with Crippen LogP contribution in [-0.4, -0.2) is 6.85 Å². The van der Waals surface area contributed by atoms with Gasteiger partial charge in [-0.1, -0.05) is 126 Å². The van der Waals surface area contributed by atoms with Crippen LogP contribution in [0.1, 0.15) is 52.7 Å². The molecular weight excluding hydrogens is 783 g/mol. The largest absolute Gasteiger partial charge is 0.464 e. The summed E-state index contributed by atoms with van der Waals surface area (Å²) < 4.78 is 20.2. The van der Waals surface area contributed by atoms with Crippen LogP contribution in [-0.2, 0) is 10.8 Å². The number of nitrogens with zero attached hydrogens (tertiary/aromatic N) is 2. The normalized spacial score (nSPS) is 13.7. The zero-order valence-electron chi connectivity index (χ0n) is 36.8. The summed E-state index contributed by atoms with van der Waals surface area (Å²) in [6.07, 6.45) is 1.81.